The van der Waals surface area contributed by atoms with E-state index in [0.29, 0.717) is 26.2 Å². The first-order chi connectivity index (χ1) is 10.4. The molecular weight excluding hydrogens is 368 g/mol. The van der Waals surface area contributed by atoms with Crippen LogP contribution in [0.25, 0.3) is 0 Å². The van der Waals surface area contributed by atoms with E-state index < -0.39 is 10.0 Å². The maximum Gasteiger partial charge on any atom is 0.215 e. The van der Waals surface area contributed by atoms with Crippen LogP contribution in [0.4, 0.5) is 0 Å². The Bertz CT molecular complexity index is 584. The average Bonchev–Trinajstić information content (AvgIpc) is 2.44. The molecule has 22 heavy (non-hydrogen) atoms. The lowest BCUT2D eigenvalue weighted by Crippen LogP contribution is -2.49. The highest BCUT2D eigenvalue weighted by atomic mass is 79.9. The number of halogens is 1. The topological polar surface area (TPSA) is 58.6 Å². The first-order valence-corrected chi connectivity index (χ1v) is 9.86. The van der Waals surface area contributed by atoms with Crippen LogP contribution in [0.15, 0.2) is 28.7 Å². The van der Waals surface area contributed by atoms with Crippen LogP contribution in [-0.4, -0.2) is 50.3 Å². The molecule has 1 saturated heterocycles. The van der Waals surface area contributed by atoms with Gasteiger partial charge in [-0.05, 0) is 25.5 Å². The van der Waals surface area contributed by atoms with Crippen LogP contribution in [-0.2, 0) is 21.3 Å². The van der Waals surface area contributed by atoms with Crippen molar-refractivity contribution in [3.63, 3.8) is 0 Å². The van der Waals surface area contributed by atoms with Crippen molar-refractivity contribution in [1.29, 1.82) is 0 Å². The van der Waals surface area contributed by atoms with E-state index in [4.69, 9.17) is 4.74 Å². The molecule has 1 aliphatic heterocycles. The van der Waals surface area contributed by atoms with Crippen molar-refractivity contribution < 1.29 is 13.2 Å². The molecule has 2 atom stereocenters. The van der Waals surface area contributed by atoms with Crippen molar-refractivity contribution in [1.82, 2.24) is 9.62 Å². The van der Waals surface area contributed by atoms with Crippen molar-refractivity contribution in [3.8, 4) is 0 Å². The molecule has 1 aromatic carbocycles. The zero-order valence-electron chi connectivity index (χ0n) is 13.0. The molecule has 0 aromatic heterocycles. The van der Waals surface area contributed by atoms with E-state index in [0.717, 1.165) is 10.0 Å². The molecule has 1 aromatic rings. The van der Waals surface area contributed by atoms with Crippen LogP contribution in [0, 0.1) is 0 Å². The molecule has 2 unspecified atom stereocenters. The summed E-state index contributed by atoms with van der Waals surface area (Å²) in [5.74, 6) is 0.108. The highest BCUT2D eigenvalue weighted by molar-refractivity contribution is 9.10. The van der Waals surface area contributed by atoms with Gasteiger partial charge in [-0.3, -0.25) is 0 Å². The van der Waals surface area contributed by atoms with Crippen molar-refractivity contribution in [3.05, 3.63) is 34.3 Å². The van der Waals surface area contributed by atoms with Crippen LogP contribution in [0.1, 0.15) is 19.4 Å². The van der Waals surface area contributed by atoms with Gasteiger partial charge in [0.15, 0.2) is 0 Å². The molecule has 7 heteroatoms. The third-order valence-electron chi connectivity index (χ3n) is 3.59. The fourth-order valence-corrected chi connectivity index (χ4v) is 4.51. The van der Waals surface area contributed by atoms with E-state index in [1.807, 2.05) is 38.1 Å². The first kappa shape index (κ1) is 17.9. The lowest BCUT2D eigenvalue weighted by atomic mass is 10.2. The number of rotatable bonds is 6. The van der Waals surface area contributed by atoms with Gasteiger partial charge >= 0.3 is 0 Å². The summed E-state index contributed by atoms with van der Waals surface area (Å²) < 4.78 is 32.9. The molecule has 0 amide bonds. The molecule has 1 N–H and O–H groups in total. The fraction of sp³-hybridized carbons (Fsp3) is 0.600. The van der Waals surface area contributed by atoms with E-state index in [-0.39, 0.29) is 18.0 Å². The molecule has 2 rings (SSSR count). The average molecular weight is 391 g/mol. The quantitative estimate of drug-likeness (QED) is 0.754. The molecule has 0 saturated carbocycles. The summed E-state index contributed by atoms with van der Waals surface area (Å²) >= 11 is 3.48. The van der Waals surface area contributed by atoms with Gasteiger partial charge in [0, 0.05) is 30.7 Å². The SMILES string of the molecule is CC1CN(S(=O)(=O)CCNCc2ccccc2Br)CC(C)O1. The Morgan fingerprint density at radius 1 is 1.27 bits per heavy atom. The summed E-state index contributed by atoms with van der Waals surface area (Å²) in [5.41, 5.74) is 1.12. The minimum Gasteiger partial charge on any atom is -0.373 e. The van der Waals surface area contributed by atoms with Crippen molar-refractivity contribution in [2.45, 2.75) is 32.6 Å². The molecule has 0 spiro atoms. The summed E-state index contributed by atoms with van der Waals surface area (Å²) in [4.78, 5) is 0. The Morgan fingerprint density at radius 2 is 1.91 bits per heavy atom. The van der Waals surface area contributed by atoms with Crippen molar-refractivity contribution in [2.24, 2.45) is 0 Å². The predicted molar refractivity (Wildman–Crippen MR) is 91.2 cm³/mol. The molecule has 0 aliphatic carbocycles. The number of hydrogen-bond donors (Lipinski definition) is 1. The zero-order chi connectivity index (χ0) is 16.2. The number of nitrogens with zero attached hydrogens (tertiary/aromatic N) is 1. The summed E-state index contributed by atoms with van der Waals surface area (Å²) in [6, 6.07) is 7.91. The summed E-state index contributed by atoms with van der Waals surface area (Å²) in [5, 5.41) is 3.19. The van der Waals surface area contributed by atoms with E-state index >= 15 is 0 Å². The van der Waals surface area contributed by atoms with Gasteiger partial charge in [-0.2, -0.15) is 4.31 Å². The highest BCUT2D eigenvalue weighted by Crippen LogP contribution is 2.16. The summed E-state index contributed by atoms with van der Waals surface area (Å²) in [6.45, 7) is 5.77. The van der Waals surface area contributed by atoms with Gasteiger partial charge in [0.25, 0.3) is 0 Å². The zero-order valence-corrected chi connectivity index (χ0v) is 15.4. The molecule has 1 heterocycles. The van der Waals surface area contributed by atoms with Gasteiger partial charge in [-0.25, -0.2) is 8.42 Å². The van der Waals surface area contributed by atoms with Crippen molar-refractivity contribution in [2.75, 3.05) is 25.4 Å². The van der Waals surface area contributed by atoms with E-state index in [2.05, 4.69) is 21.2 Å². The lowest BCUT2D eigenvalue weighted by Gasteiger charge is -2.34. The van der Waals surface area contributed by atoms with Gasteiger partial charge < -0.3 is 10.1 Å². The predicted octanol–water partition coefficient (Wildman–Crippen LogP) is 1.98. The minimum absolute atomic E-state index is 0.0493. The first-order valence-electron chi connectivity index (χ1n) is 7.46. The van der Waals surface area contributed by atoms with E-state index in [9.17, 15) is 8.42 Å². The number of nitrogens with one attached hydrogen (secondary N) is 1. The molecule has 5 nitrogen and oxygen atoms in total. The Labute approximate surface area is 141 Å². The highest BCUT2D eigenvalue weighted by Gasteiger charge is 2.30. The molecule has 0 radical (unpaired) electrons. The Balaban J connectivity index is 1.81. The smallest absolute Gasteiger partial charge is 0.215 e. The summed E-state index contributed by atoms with van der Waals surface area (Å²) in [7, 11) is -3.23. The number of ether oxygens (including phenoxy) is 1. The second kappa shape index (κ2) is 7.88. The van der Waals surface area contributed by atoms with Gasteiger partial charge in [0.2, 0.25) is 10.0 Å². The largest absolute Gasteiger partial charge is 0.373 e. The number of hydrogen-bond acceptors (Lipinski definition) is 4. The van der Waals surface area contributed by atoms with Crippen LogP contribution < -0.4 is 5.32 Å². The molecule has 0 bridgehead atoms. The molecule has 1 aliphatic rings. The molecule has 124 valence electrons. The van der Waals surface area contributed by atoms with Gasteiger partial charge in [-0.15, -0.1) is 0 Å². The maximum atomic E-state index is 12.4. The van der Waals surface area contributed by atoms with Gasteiger partial charge in [0.1, 0.15) is 0 Å². The third-order valence-corrected chi connectivity index (χ3v) is 6.17. The number of benzene rings is 1. The van der Waals surface area contributed by atoms with E-state index in [1.165, 1.54) is 0 Å². The summed E-state index contributed by atoms with van der Waals surface area (Å²) in [6.07, 6.45) is -0.0986. The minimum atomic E-state index is -3.23. The molecular formula is C15H23BrN2O3S. The van der Waals surface area contributed by atoms with Crippen molar-refractivity contribution >= 4 is 26.0 Å². The Morgan fingerprint density at radius 3 is 2.55 bits per heavy atom. The van der Waals surface area contributed by atoms with Crippen LogP contribution in [0.3, 0.4) is 0 Å². The second-order valence-corrected chi connectivity index (χ2v) is 8.60. The van der Waals surface area contributed by atoms with Crippen LogP contribution >= 0.6 is 15.9 Å². The van der Waals surface area contributed by atoms with Crippen LogP contribution in [0.5, 0.6) is 0 Å². The Hall–Kier alpha value is -0.470. The number of morpholine rings is 1. The molecule has 1 fully saturated rings. The standard InChI is InChI=1S/C15H23BrN2O3S/c1-12-10-18(11-13(2)21-12)22(19,20)8-7-17-9-14-5-3-4-6-15(14)16/h3-6,12-13,17H,7-11H2,1-2H3. The Kier molecular flexibility index (Phi) is 6.40. The van der Waals surface area contributed by atoms with Gasteiger partial charge in [-0.1, -0.05) is 34.1 Å². The normalized spacial score (nSPS) is 23.6. The fourth-order valence-electron chi connectivity index (χ4n) is 2.55. The third kappa shape index (κ3) is 5.03. The van der Waals surface area contributed by atoms with Gasteiger partial charge in [0.05, 0.1) is 18.0 Å². The van der Waals surface area contributed by atoms with E-state index in [1.54, 1.807) is 4.31 Å². The monoisotopic (exact) mass is 390 g/mol. The van der Waals surface area contributed by atoms with Crippen LogP contribution in [0.2, 0.25) is 0 Å². The lowest BCUT2D eigenvalue weighted by molar-refractivity contribution is -0.0440. The maximum absolute atomic E-state index is 12.4. The second-order valence-electron chi connectivity index (χ2n) is 5.66. The number of sulfonamides is 1.